The minimum Gasteiger partial charge on any atom is -0.493 e. The van der Waals surface area contributed by atoms with E-state index in [2.05, 4.69) is 13.5 Å². The third kappa shape index (κ3) is 2.02. The summed E-state index contributed by atoms with van der Waals surface area (Å²) < 4.78 is 5.89. The number of rotatable bonds is 1. The van der Waals surface area contributed by atoms with Gasteiger partial charge in [-0.1, -0.05) is 13.5 Å². The van der Waals surface area contributed by atoms with Crippen LogP contribution >= 0.6 is 11.3 Å². The first-order chi connectivity index (χ1) is 12.8. The van der Waals surface area contributed by atoms with Crippen LogP contribution in [-0.4, -0.2) is 39.3 Å². The van der Waals surface area contributed by atoms with Crippen molar-refractivity contribution in [3.8, 4) is 0 Å². The summed E-state index contributed by atoms with van der Waals surface area (Å²) in [4.78, 5) is 19.2. The predicted octanol–water partition coefficient (Wildman–Crippen LogP) is 2.59. The molecule has 4 aliphatic rings. The second-order valence-corrected chi connectivity index (χ2v) is 10.3. The quantitative estimate of drug-likeness (QED) is 0.772. The summed E-state index contributed by atoms with van der Waals surface area (Å²) in [5.74, 6) is 0.834. The van der Waals surface area contributed by atoms with E-state index in [9.17, 15) is 15.0 Å². The second-order valence-electron chi connectivity index (χ2n) is 9.05. The van der Waals surface area contributed by atoms with Crippen LogP contribution in [0.2, 0.25) is 0 Å². The summed E-state index contributed by atoms with van der Waals surface area (Å²) in [7, 11) is 0. The van der Waals surface area contributed by atoms with Crippen LogP contribution in [0.5, 0.6) is 0 Å². The van der Waals surface area contributed by atoms with E-state index in [0.717, 1.165) is 30.0 Å². The average molecular weight is 390 g/mol. The zero-order valence-electron chi connectivity index (χ0n) is 16.0. The van der Waals surface area contributed by atoms with E-state index in [-0.39, 0.29) is 41.5 Å². The number of Topliss-reactive ketones (excluding diaryl/α,β-unsaturated/α-hetero) is 1. The molecule has 3 aliphatic carbocycles. The van der Waals surface area contributed by atoms with Crippen molar-refractivity contribution in [3.05, 3.63) is 27.9 Å². The first kappa shape index (κ1) is 17.8. The lowest BCUT2D eigenvalue weighted by atomic mass is 9.43. The SMILES string of the molecule is C=C1OC2C1CCC1C3c4nc(C)sc4CC(C)C3C(O)C(O)C12C(C)=O. The maximum atomic E-state index is 13.1. The highest BCUT2D eigenvalue weighted by Crippen LogP contribution is 2.66. The van der Waals surface area contributed by atoms with E-state index < -0.39 is 17.6 Å². The molecule has 2 saturated carbocycles. The van der Waals surface area contributed by atoms with Gasteiger partial charge in [0.2, 0.25) is 0 Å². The van der Waals surface area contributed by atoms with Gasteiger partial charge in [-0.15, -0.1) is 11.3 Å². The number of aromatic nitrogens is 1. The molecule has 5 rings (SSSR count). The molecule has 9 atom stereocenters. The molecule has 0 bridgehead atoms. The van der Waals surface area contributed by atoms with Crippen LogP contribution in [0.3, 0.4) is 0 Å². The third-order valence-electron chi connectivity index (χ3n) is 7.91. The highest BCUT2D eigenvalue weighted by atomic mass is 32.1. The molecule has 3 fully saturated rings. The fraction of sp³-hybridized carbons (Fsp3) is 0.714. The Labute approximate surface area is 163 Å². The zero-order valence-corrected chi connectivity index (χ0v) is 16.8. The van der Waals surface area contributed by atoms with Crippen LogP contribution in [0.1, 0.15) is 48.2 Å². The van der Waals surface area contributed by atoms with E-state index in [1.54, 1.807) is 18.3 Å². The van der Waals surface area contributed by atoms with E-state index in [0.29, 0.717) is 5.76 Å². The van der Waals surface area contributed by atoms with Crippen LogP contribution in [0, 0.1) is 36.0 Å². The number of hydrogen-bond donors (Lipinski definition) is 2. The van der Waals surface area contributed by atoms with Crippen LogP contribution in [0.4, 0.5) is 0 Å². The number of carbonyl (C=O) groups is 1. The molecular weight excluding hydrogens is 362 g/mol. The van der Waals surface area contributed by atoms with E-state index >= 15 is 0 Å². The van der Waals surface area contributed by atoms with Gasteiger partial charge >= 0.3 is 0 Å². The molecule has 2 heterocycles. The van der Waals surface area contributed by atoms with Crippen molar-refractivity contribution < 1.29 is 19.7 Å². The van der Waals surface area contributed by atoms with Crippen LogP contribution < -0.4 is 0 Å². The van der Waals surface area contributed by atoms with Gasteiger partial charge in [0.05, 0.1) is 40.0 Å². The Morgan fingerprint density at radius 2 is 2.11 bits per heavy atom. The topological polar surface area (TPSA) is 79.7 Å². The van der Waals surface area contributed by atoms with Gasteiger partial charge in [0.1, 0.15) is 11.9 Å². The van der Waals surface area contributed by atoms with Crippen molar-refractivity contribution in [2.75, 3.05) is 0 Å². The fourth-order valence-corrected chi connectivity index (χ4v) is 8.01. The number of nitrogens with zero attached hydrogens (tertiary/aromatic N) is 1. The summed E-state index contributed by atoms with van der Waals surface area (Å²) in [6, 6.07) is 0. The maximum absolute atomic E-state index is 13.1. The minimum atomic E-state index is -1.11. The summed E-state index contributed by atoms with van der Waals surface area (Å²) in [6.45, 7) is 9.68. The van der Waals surface area contributed by atoms with Crippen molar-refractivity contribution in [2.45, 2.75) is 64.3 Å². The molecule has 0 aromatic carbocycles. The van der Waals surface area contributed by atoms with Crippen molar-refractivity contribution in [3.63, 3.8) is 0 Å². The standard InChI is InChI=1S/C21H27NO4S/c1-8-7-14-17(22-11(4)27-14)16-13-6-5-12-9(2)26-20(12)21(13,10(3)23)19(25)18(24)15(8)16/h8,12-13,15-16,18-20,24-25H,2,5-7H2,1,3-4H3. The van der Waals surface area contributed by atoms with Crippen LogP contribution in [0.25, 0.3) is 0 Å². The molecule has 27 heavy (non-hydrogen) atoms. The Bertz CT molecular complexity index is 834. The third-order valence-corrected chi connectivity index (χ3v) is 8.92. The van der Waals surface area contributed by atoms with Gasteiger partial charge in [-0.3, -0.25) is 4.79 Å². The Morgan fingerprint density at radius 3 is 2.78 bits per heavy atom. The molecule has 5 nitrogen and oxygen atoms in total. The van der Waals surface area contributed by atoms with Crippen LogP contribution in [-0.2, 0) is 16.0 Å². The lowest BCUT2D eigenvalue weighted by Gasteiger charge is -2.65. The summed E-state index contributed by atoms with van der Waals surface area (Å²) >= 11 is 1.73. The summed E-state index contributed by atoms with van der Waals surface area (Å²) in [5.41, 5.74) is -0.0185. The first-order valence-corrected chi connectivity index (χ1v) is 10.8. The van der Waals surface area contributed by atoms with Crippen LogP contribution in [0.15, 0.2) is 12.3 Å². The van der Waals surface area contributed by atoms with Crippen molar-refractivity contribution in [1.29, 1.82) is 0 Å². The fourth-order valence-electron chi connectivity index (χ4n) is 6.87. The molecule has 146 valence electrons. The van der Waals surface area contributed by atoms with E-state index in [1.807, 2.05) is 6.92 Å². The number of hydrogen-bond acceptors (Lipinski definition) is 6. The molecule has 0 spiro atoms. The highest BCUT2D eigenvalue weighted by Gasteiger charge is 2.72. The molecule has 1 saturated heterocycles. The molecule has 9 unspecified atom stereocenters. The largest absolute Gasteiger partial charge is 0.493 e. The van der Waals surface area contributed by atoms with Gasteiger partial charge in [-0.05, 0) is 50.9 Å². The second kappa shape index (κ2) is 5.65. The number of aliphatic hydroxyl groups excluding tert-OH is 2. The van der Waals surface area contributed by atoms with Gasteiger partial charge in [0.15, 0.2) is 0 Å². The molecule has 2 N–H and O–H groups in total. The molecule has 1 aromatic heterocycles. The van der Waals surface area contributed by atoms with Crippen molar-refractivity contribution in [2.24, 2.45) is 29.1 Å². The number of carbonyl (C=O) groups excluding carboxylic acids is 1. The maximum Gasteiger partial charge on any atom is 0.142 e. The van der Waals surface area contributed by atoms with Gasteiger partial charge < -0.3 is 14.9 Å². The summed E-state index contributed by atoms with van der Waals surface area (Å²) in [5, 5.41) is 23.6. The number of ether oxygens (including phenoxy) is 1. The average Bonchev–Trinajstić information content (AvgIpc) is 2.96. The number of thiazole rings is 1. The molecule has 6 heteroatoms. The van der Waals surface area contributed by atoms with Gasteiger partial charge in [0.25, 0.3) is 0 Å². The van der Waals surface area contributed by atoms with Gasteiger partial charge in [-0.2, -0.15) is 0 Å². The number of aliphatic hydroxyl groups is 2. The molecule has 0 radical (unpaired) electrons. The van der Waals surface area contributed by atoms with E-state index in [4.69, 9.17) is 9.72 Å². The van der Waals surface area contributed by atoms with Crippen molar-refractivity contribution in [1.82, 2.24) is 4.98 Å². The van der Waals surface area contributed by atoms with E-state index in [1.165, 1.54) is 4.88 Å². The molecule has 0 amide bonds. The monoisotopic (exact) mass is 389 g/mol. The zero-order chi connectivity index (χ0) is 19.2. The first-order valence-electron chi connectivity index (χ1n) is 9.97. The Morgan fingerprint density at radius 1 is 1.37 bits per heavy atom. The molecule has 1 aromatic rings. The number of fused-ring (bicyclic) bond motifs is 7. The lowest BCUT2D eigenvalue weighted by Crippen LogP contribution is -2.72. The normalized spacial score (nSPS) is 47.7. The van der Waals surface area contributed by atoms with Gasteiger partial charge in [0, 0.05) is 10.8 Å². The Balaban J connectivity index is 1.71. The summed E-state index contributed by atoms with van der Waals surface area (Å²) in [6.07, 6.45) is 0.193. The predicted molar refractivity (Wildman–Crippen MR) is 101 cm³/mol. The number of ketones is 1. The molecule has 1 aliphatic heterocycles. The Kier molecular flexibility index (Phi) is 3.73. The minimum absolute atomic E-state index is 0.00517. The molecular formula is C21H27NO4S. The lowest BCUT2D eigenvalue weighted by molar-refractivity contribution is -0.256. The smallest absolute Gasteiger partial charge is 0.142 e. The number of aryl methyl sites for hydroxylation is 1. The highest BCUT2D eigenvalue weighted by molar-refractivity contribution is 7.11. The van der Waals surface area contributed by atoms with Gasteiger partial charge in [-0.25, -0.2) is 4.98 Å². The van der Waals surface area contributed by atoms with Crippen molar-refractivity contribution >= 4 is 17.1 Å². The Hall–Kier alpha value is -1.24.